The molecule has 0 saturated carbocycles. The zero-order chi connectivity index (χ0) is 24.8. The Hall–Kier alpha value is -4.21. The summed E-state index contributed by atoms with van der Waals surface area (Å²) < 4.78 is 11.8. The van der Waals surface area contributed by atoms with Crippen molar-refractivity contribution in [2.24, 2.45) is 0 Å². The molecule has 0 spiro atoms. The number of hydrogen-bond donors (Lipinski definition) is 2. The number of rotatable bonds is 5. The van der Waals surface area contributed by atoms with E-state index in [9.17, 15) is 19.2 Å². The van der Waals surface area contributed by atoms with Crippen LogP contribution in [-0.4, -0.2) is 41.2 Å². The number of carbonyl (C=O) groups excluding carboxylic acids is 3. The Morgan fingerprint density at radius 3 is 2.57 bits per heavy atom. The molecule has 2 aromatic carbocycles. The van der Waals surface area contributed by atoms with E-state index in [4.69, 9.17) is 9.47 Å². The molecule has 0 fully saturated rings. The fourth-order valence-corrected chi connectivity index (χ4v) is 3.94. The Morgan fingerprint density at radius 1 is 1.03 bits per heavy atom. The molecule has 1 aliphatic heterocycles. The van der Waals surface area contributed by atoms with Gasteiger partial charge in [-0.1, -0.05) is 12.8 Å². The first-order valence-electron chi connectivity index (χ1n) is 11.4. The van der Waals surface area contributed by atoms with Gasteiger partial charge in [0.25, 0.3) is 11.5 Å². The number of nitrogens with zero attached hydrogens (tertiary/aromatic N) is 2. The van der Waals surface area contributed by atoms with Crippen molar-refractivity contribution >= 4 is 34.5 Å². The number of esters is 1. The van der Waals surface area contributed by atoms with Crippen molar-refractivity contribution < 1.29 is 23.9 Å². The standard InChI is InChI=1S/C25H26N4O6/c1-34-18-10-8-17(9-11-18)26-25(33)28-22(30)15-35-24(32)16-7-12-19-20(14-16)27-21-6-4-2-3-5-13-29(21)23(19)31/h7-12,14H,2-6,13,15H2,1H3,(H2,26,28,30,33). The van der Waals surface area contributed by atoms with Crippen molar-refractivity contribution in [2.45, 2.75) is 38.6 Å². The third-order valence-electron chi connectivity index (χ3n) is 5.74. The largest absolute Gasteiger partial charge is 0.497 e. The summed E-state index contributed by atoms with van der Waals surface area (Å²) in [5.41, 5.74) is 0.922. The van der Waals surface area contributed by atoms with Gasteiger partial charge in [0, 0.05) is 18.7 Å². The van der Waals surface area contributed by atoms with Gasteiger partial charge in [-0.05, 0) is 55.3 Å². The maximum atomic E-state index is 12.9. The Balaban J connectivity index is 1.37. The van der Waals surface area contributed by atoms with Gasteiger partial charge in [-0.3, -0.25) is 19.5 Å². The van der Waals surface area contributed by atoms with E-state index in [0.717, 1.165) is 31.5 Å². The van der Waals surface area contributed by atoms with Gasteiger partial charge in [-0.25, -0.2) is 14.6 Å². The molecule has 0 aliphatic carbocycles. The normalized spacial score (nSPS) is 13.2. The molecule has 0 atom stereocenters. The van der Waals surface area contributed by atoms with Crippen LogP contribution in [0.1, 0.15) is 41.9 Å². The number of hydrogen-bond acceptors (Lipinski definition) is 7. The number of benzene rings is 2. The number of aromatic nitrogens is 2. The van der Waals surface area contributed by atoms with Crippen molar-refractivity contribution in [1.29, 1.82) is 0 Å². The first kappa shape index (κ1) is 23.9. The number of amides is 3. The van der Waals surface area contributed by atoms with Gasteiger partial charge in [0.05, 0.1) is 23.6 Å². The third kappa shape index (κ3) is 5.84. The van der Waals surface area contributed by atoms with Gasteiger partial charge in [0.15, 0.2) is 6.61 Å². The molecule has 182 valence electrons. The second-order valence-corrected chi connectivity index (χ2v) is 8.19. The van der Waals surface area contributed by atoms with Gasteiger partial charge >= 0.3 is 12.0 Å². The molecule has 0 bridgehead atoms. The molecule has 10 nitrogen and oxygen atoms in total. The molecule has 10 heteroatoms. The van der Waals surface area contributed by atoms with Crippen molar-refractivity contribution in [2.75, 3.05) is 19.0 Å². The maximum Gasteiger partial charge on any atom is 0.338 e. The lowest BCUT2D eigenvalue weighted by atomic mass is 10.1. The van der Waals surface area contributed by atoms with Gasteiger partial charge in [-0.15, -0.1) is 0 Å². The zero-order valence-corrected chi connectivity index (χ0v) is 19.3. The molecule has 0 saturated heterocycles. The van der Waals surface area contributed by atoms with Crippen LogP contribution in [0.3, 0.4) is 0 Å². The van der Waals surface area contributed by atoms with E-state index in [2.05, 4.69) is 15.6 Å². The van der Waals surface area contributed by atoms with Crippen LogP contribution in [0.25, 0.3) is 10.9 Å². The van der Waals surface area contributed by atoms with Crippen LogP contribution in [0.2, 0.25) is 0 Å². The molecular formula is C25H26N4O6. The average Bonchev–Trinajstić information content (AvgIpc) is 2.84. The monoisotopic (exact) mass is 478 g/mol. The first-order valence-corrected chi connectivity index (χ1v) is 11.4. The van der Waals surface area contributed by atoms with E-state index < -0.39 is 24.5 Å². The average molecular weight is 479 g/mol. The zero-order valence-electron chi connectivity index (χ0n) is 19.3. The van der Waals surface area contributed by atoms with E-state index in [1.807, 2.05) is 0 Å². The second kappa shape index (κ2) is 10.8. The Labute approximate surface area is 201 Å². The Kier molecular flexibility index (Phi) is 7.39. The van der Waals surface area contributed by atoms with Crippen LogP contribution in [0.5, 0.6) is 5.75 Å². The smallest absolute Gasteiger partial charge is 0.338 e. The molecule has 2 N–H and O–H groups in total. The van der Waals surface area contributed by atoms with Crippen LogP contribution in [0.4, 0.5) is 10.5 Å². The molecule has 35 heavy (non-hydrogen) atoms. The number of nitrogens with one attached hydrogen (secondary N) is 2. The minimum atomic E-state index is -0.789. The first-order chi connectivity index (χ1) is 16.9. The summed E-state index contributed by atoms with van der Waals surface area (Å²) in [5, 5.41) is 5.02. The highest BCUT2D eigenvalue weighted by Gasteiger charge is 2.17. The number of ether oxygens (including phenoxy) is 2. The van der Waals surface area contributed by atoms with Gasteiger partial charge < -0.3 is 14.8 Å². The molecule has 3 amide bonds. The van der Waals surface area contributed by atoms with Gasteiger partial charge in [0.2, 0.25) is 0 Å². The number of carbonyl (C=O) groups is 3. The second-order valence-electron chi connectivity index (χ2n) is 8.19. The van der Waals surface area contributed by atoms with Crippen molar-refractivity contribution in [3.63, 3.8) is 0 Å². The quantitative estimate of drug-likeness (QED) is 0.539. The molecule has 4 rings (SSSR count). The molecule has 3 aromatic rings. The maximum absolute atomic E-state index is 12.9. The van der Waals surface area contributed by atoms with Crippen LogP contribution < -0.4 is 20.9 Å². The lowest BCUT2D eigenvalue weighted by Crippen LogP contribution is -2.37. The van der Waals surface area contributed by atoms with Crippen molar-refractivity contribution in [3.05, 3.63) is 64.2 Å². The topological polar surface area (TPSA) is 129 Å². The van der Waals surface area contributed by atoms with Gasteiger partial charge in [-0.2, -0.15) is 0 Å². The van der Waals surface area contributed by atoms with Gasteiger partial charge in [0.1, 0.15) is 11.6 Å². The summed E-state index contributed by atoms with van der Waals surface area (Å²) >= 11 is 0. The minimum Gasteiger partial charge on any atom is -0.497 e. The summed E-state index contributed by atoms with van der Waals surface area (Å²) in [4.78, 5) is 54.0. The molecule has 0 unspecified atom stereocenters. The van der Waals surface area contributed by atoms with Crippen LogP contribution in [0.15, 0.2) is 47.3 Å². The van der Waals surface area contributed by atoms with Crippen molar-refractivity contribution in [3.8, 4) is 5.75 Å². The number of urea groups is 1. The Bertz CT molecular complexity index is 1320. The molecule has 1 aromatic heterocycles. The third-order valence-corrected chi connectivity index (χ3v) is 5.74. The molecular weight excluding hydrogens is 452 g/mol. The van der Waals surface area contributed by atoms with Crippen LogP contribution in [-0.2, 0) is 22.5 Å². The van der Waals surface area contributed by atoms with E-state index in [0.29, 0.717) is 35.3 Å². The fourth-order valence-electron chi connectivity index (χ4n) is 3.94. The summed E-state index contributed by atoms with van der Waals surface area (Å²) in [6.45, 7) is -0.00473. The fraction of sp³-hybridized carbons (Fsp3) is 0.320. The van der Waals surface area contributed by atoms with E-state index in [1.165, 1.54) is 19.2 Å². The summed E-state index contributed by atoms with van der Waals surface area (Å²) in [5.74, 6) is -0.206. The predicted octanol–water partition coefficient (Wildman–Crippen LogP) is 3.03. The SMILES string of the molecule is COc1ccc(NC(=O)NC(=O)COC(=O)c2ccc3c(=O)n4c(nc3c2)CCCCCC4)cc1. The highest BCUT2D eigenvalue weighted by molar-refractivity contribution is 6.02. The number of aryl methyl sites for hydroxylation is 1. The lowest BCUT2D eigenvalue weighted by Gasteiger charge is -2.16. The Morgan fingerprint density at radius 2 is 1.80 bits per heavy atom. The van der Waals surface area contributed by atoms with Crippen molar-refractivity contribution in [1.82, 2.24) is 14.9 Å². The number of fused-ring (bicyclic) bond motifs is 2. The van der Waals surface area contributed by atoms with E-state index >= 15 is 0 Å². The number of methoxy groups -OCH3 is 1. The highest BCUT2D eigenvalue weighted by atomic mass is 16.5. The minimum absolute atomic E-state index is 0.117. The molecule has 2 heterocycles. The predicted molar refractivity (Wildman–Crippen MR) is 129 cm³/mol. The number of anilines is 1. The summed E-state index contributed by atoms with van der Waals surface area (Å²) in [6.07, 6.45) is 4.79. The van der Waals surface area contributed by atoms with E-state index in [-0.39, 0.29) is 11.1 Å². The van der Waals surface area contributed by atoms with E-state index in [1.54, 1.807) is 34.9 Å². The van der Waals surface area contributed by atoms with Crippen LogP contribution in [0, 0.1) is 0 Å². The molecule has 0 radical (unpaired) electrons. The molecule has 1 aliphatic rings. The highest BCUT2D eigenvalue weighted by Crippen LogP contribution is 2.17. The number of imide groups is 1. The summed E-state index contributed by atoms with van der Waals surface area (Å²) in [6, 6.07) is 10.3. The lowest BCUT2D eigenvalue weighted by molar-refractivity contribution is -0.123. The summed E-state index contributed by atoms with van der Waals surface area (Å²) in [7, 11) is 1.53. The van der Waals surface area contributed by atoms with Crippen LogP contribution >= 0.6 is 0 Å².